The Morgan fingerprint density at radius 1 is 1.63 bits per heavy atom. The van der Waals surface area contributed by atoms with Crippen LogP contribution in [0.5, 0.6) is 0 Å². The van der Waals surface area contributed by atoms with Gasteiger partial charge in [0.1, 0.15) is 0 Å². The molecule has 19 heavy (non-hydrogen) atoms. The minimum atomic E-state index is -0.361. The topological polar surface area (TPSA) is 75.0 Å². The van der Waals surface area contributed by atoms with E-state index in [-0.39, 0.29) is 11.9 Å². The van der Waals surface area contributed by atoms with Gasteiger partial charge in [-0.3, -0.25) is 9.89 Å². The zero-order valence-corrected chi connectivity index (χ0v) is 11.8. The molecule has 0 aromatic carbocycles. The molecule has 2 atom stereocenters. The molecular weight excluding hydrogens is 240 g/mol. The average molecular weight is 264 g/mol. The molecule has 106 valence electrons. The molecule has 1 aliphatic heterocycles. The Hall–Kier alpha value is -1.36. The maximum atomic E-state index is 12.3. The number of aromatic amines is 1. The van der Waals surface area contributed by atoms with Gasteiger partial charge in [0.05, 0.1) is 6.04 Å². The minimum Gasteiger partial charge on any atom is -0.341 e. The third-order valence-corrected chi connectivity index (χ3v) is 3.74. The van der Waals surface area contributed by atoms with Crippen molar-refractivity contribution in [3.8, 4) is 0 Å². The second-order valence-electron chi connectivity index (χ2n) is 5.87. The van der Waals surface area contributed by atoms with Crippen molar-refractivity contribution in [2.45, 2.75) is 45.1 Å². The molecule has 3 N–H and O–H groups in total. The van der Waals surface area contributed by atoms with Gasteiger partial charge in [-0.15, -0.1) is 0 Å². The number of amides is 1. The highest BCUT2D eigenvalue weighted by molar-refractivity contribution is 5.81. The van der Waals surface area contributed by atoms with Gasteiger partial charge in [-0.25, -0.2) is 0 Å². The maximum absolute atomic E-state index is 12.3. The predicted octanol–water partition coefficient (Wildman–Crippen LogP) is 1.49. The minimum absolute atomic E-state index is 0.0953. The van der Waals surface area contributed by atoms with Crippen LogP contribution in [-0.2, 0) is 4.79 Å². The number of carbonyl (C=O) groups excluding carboxylic acids is 1. The van der Waals surface area contributed by atoms with Crippen LogP contribution in [0.25, 0.3) is 0 Å². The van der Waals surface area contributed by atoms with Gasteiger partial charge in [0.25, 0.3) is 0 Å². The number of carbonyl (C=O) groups is 1. The molecule has 0 aliphatic carbocycles. The summed E-state index contributed by atoms with van der Waals surface area (Å²) in [5.41, 5.74) is 7.12. The standard InChI is InChI=1S/C14H24N4O/c1-10(2)8-12(15)14(19)18-7-3-4-11(9-18)13-5-6-16-17-13/h5-6,10-12H,3-4,7-9,15H2,1-2H3,(H,16,17)/t11?,12-/m1/s1. The number of H-pyrrole nitrogens is 1. The Balaban J connectivity index is 1.95. The summed E-state index contributed by atoms with van der Waals surface area (Å²) in [4.78, 5) is 14.2. The van der Waals surface area contributed by atoms with E-state index in [2.05, 4.69) is 24.0 Å². The van der Waals surface area contributed by atoms with Gasteiger partial charge in [0.2, 0.25) is 5.91 Å². The van der Waals surface area contributed by atoms with E-state index in [1.807, 2.05) is 11.0 Å². The number of nitrogens with one attached hydrogen (secondary N) is 1. The van der Waals surface area contributed by atoms with Crippen molar-refractivity contribution in [1.29, 1.82) is 0 Å². The fraction of sp³-hybridized carbons (Fsp3) is 0.714. The van der Waals surface area contributed by atoms with Crippen LogP contribution >= 0.6 is 0 Å². The SMILES string of the molecule is CC(C)C[C@@H](N)C(=O)N1CCCC(c2ccn[nH]2)C1. The average Bonchev–Trinajstić information content (AvgIpc) is 2.91. The van der Waals surface area contributed by atoms with E-state index in [1.54, 1.807) is 6.20 Å². The van der Waals surface area contributed by atoms with Crippen LogP contribution in [0.4, 0.5) is 0 Å². The van der Waals surface area contributed by atoms with Gasteiger partial charge in [-0.1, -0.05) is 13.8 Å². The van der Waals surface area contributed by atoms with Crippen molar-refractivity contribution in [2.24, 2.45) is 11.7 Å². The van der Waals surface area contributed by atoms with E-state index in [9.17, 15) is 4.79 Å². The van der Waals surface area contributed by atoms with Crippen LogP contribution in [0.3, 0.4) is 0 Å². The quantitative estimate of drug-likeness (QED) is 0.865. The van der Waals surface area contributed by atoms with E-state index in [1.165, 1.54) is 0 Å². The van der Waals surface area contributed by atoms with Crippen LogP contribution in [0, 0.1) is 5.92 Å². The summed E-state index contributed by atoms with van der Waals surface area (Å²) in [6.07, 6.45) is 4.65. The van der Waals surface area contributed by atoms with Crippen molar-refractivity contribution >= 4 is 5.91 Å². The molecule has 1 amide bonds. The molecule has 1 aliphatic rings. The predicted molar refractivity (Wildman–Crippen MR) is 74.6 cm³/mol. The molecule has 1 aromatic rings. The Morgan fingerprint density at radius 2 is 2.42 bits per heavy atom. The summed E-state index contributed by atoms with van der Waals surface area (Å²) < 4.78 is 0. The fourth-order valence-corrected chi connectivity index (χ4v) is 2.77. The van der Waals surface area contributed by atoms with Crippen LogP contribution in [0.1, 0.15) is 44.7 Å². The van der Waals surface area contributed by atoms with Gasteiger partial charge in [0, 0.05) is 30.9 Å². The zero-order valence-electron chi connectivity index (χ0n) is 11.8. The second kappa shape index (κ2) is 6.19. The van der Waals surface area contributed by atoms with E-state index in [4.69, 9.17) is 5.73 Å². The lowest BCUT2D eigenvalue weighted by molar-refractivity contribution is -0.134. The highest BCUT2D eigenvalue weighted by Gasteiger charge is 2.28. The summed E-state index contributed by atoms with van der Waals surface area (Å²) in [6.45, 7) is 5.77. The number of rotatable bonds is 4. The Kier molecular flexibility index (Phi) is 4.58. The van der Waals surface area contributed by atoms with E-state index in [0.29, 0.717) is 11.8 Å². The molecule has 1 unspecified atom stereocenters. The first kappa shape index (κ1) is 14.1. The number of aromatic nitrogens is 2. The number of likely N-dealkylation sites (tertiary alicyclic amines) is 1. The first-order chi connectivity index (χ1) is 9.08. The number of hydrogen-bond acceptors (Lipinski definition) is 3. The smallest absolute Gasteiger partial charge is 0.239 e. The Labute approximate surface area is 114 Å². The third kappa shape index (κ3) is 3.56. The van der Waals surface area contributed by atoms with Gasteiger partial charge >= 0.3 is 0 Å². The lowest BCUT2D eigenvalue weighted by atomic mass is 9.94. The lowest BCUT2D eigenvalue weighted by Crippen LogP contribution is -2.48. The summed E-state index contributed by atoms with van der Waals surface area (Å²) >= 11 is 0. The summed E-state index contributed by atoms with van der Waals surface area (Å²) in [5, 5.41) is 7.00. The highest BCUT2D eigenvalue weighted by atomic mass is 16.2. The zero-order chi connectivity index (χ0) is 13.8. The first-order valence-electron chi connectivity index (χ1n) is 7.11. The van der Waals surface area contributed by atoms with Crippen LogP contribution in [0.15, 0.2) is 12.3 Å². The maximum Gasteiger partial charge on any atom is 0.239 e. The van der Waals surface area contributed by atoms with E-state index in [0.717, 1.165) is 38.0 Å². The van der Waals surface area contributed by atoms with Crippen LogP contribution in [0.2, 0.25) is 0 Å². The molecule has 0 spiro atoms. The Morgan fingerprint density at radius 3 is 3.05 bits per heavy atom. The number of nitrogens with zero attached hydrogens (tertiary/aromatic N) is 2. The molecular formula is C14H24N4O. The monoisotopic (exact) mass is 264 g/mol. The molecule has 1 fully saturated rings. The van der Waals surface area contributed by atoms with Crippen molar-refractivity contribution in [1.82, 2.24) is 15.1 Å². The first-order valence-corrected chi connectivity index (χ1v) is 7.11. The van der Waals surface area contributed by atoms with Crippen molar-refractivity contribution in [3.63, 3.8) is 0 Å². The molecule has 2 heterocycles. The van der Waals surface area contributed by atoms with Crippen LogP contribution < -0.4 is 5.73 Å². The van der Waals surface area contributed by atoms with Crippen molar-refractivity contribution in [2.75, 3.05) is 13.1 Å². The largest absolute Gasteiger partial charge is 0.341 e. The molecule has 0 radical (unpaired) electrons. The highest BCUT2D eigenvalue weighted by Crippen LogP contribution is 2.25. The second-order valence-corrected chi connectivity index (χ2v) is 5.87. The molecule has 5 heteroatoms. The van der Waals surface area contributed by atoms with Gasteiger partial charge in [-0.2, -0.15) is 5.10 Å². The summed E-state index contributed by atoms with van der Waals surface area (Å²) in [6, 6.07) is 1.63. The van der Waals surface area contributed by atoms with Crippen molar-refractivity contribution in [3.05, 3.63) is 18.0 Å². The number of nitrogens with two attached hydrogens (primary N) is 1. The molecule has 1 saturated heterocycles. The van der Waals surface area contributed by atoms with E-state index < -0.39 is 0 Å². The molecule has 2 rings (SSSR count). The molecule has 1 aromatic heterocycles. The summed E-state index contributed by atoms with van der Waals surface area (Å²) in [7, 11) is 0. The Bertz CT molecular complexity index is 402. The molecule has 5 nitrogen and oxygen atoms in total. The van der Waals surface area contributed by atoms with Gasteiger partial charge < -0.3 is 10.6 Å². The van der Waals surface area contributed by atoms with Gasteiger partial charge in [-0.05, 0) is 31.2 Å². The van der Waals surface area contributed by atoms with Gasteiger partial charge in [0.15, 0.2) is 0 Å². The van der Waals surface area contributed by atoms with Crippen molar-refractivity contribution < 1.29 is 4.79 Å². The number of piperidine rings is 1. The lowest BCUT2D eigenvalue weighted by Gasteiger charge is -2.34. The third-order valence-electron chi connectivity index (χ3n) is 3.74. The number of hydrogen-bond donors (Lipinski definition) is 2. The normalized spacial score (nSPS) is 21.7. The molecule has 0 bridgehead atoms. The molecule has 0 saturated carbocycles. The van der Waals surface area contributed by atoms with E-state index >= 15 is 0 Å². The van der Waals surface area contributed by atoms with Crippen LogP contribution in [-0.4, -0.2) is 40.1 Å². The summed E-state index contributed by atoms with van der Waals surface area (Å²) in [5.74, 6) is 0.913. The fourth-order valence-electron chi connectivity index (χ4n) is 2.77.